The second kappa shape index (κ2) is 10.8. The van der Waals surface area contributed by atoms with Gasteiger partial charge in [0.1, 0.15) is 0 Å². The van der Waals surface area contributed by atoms with E-state index in [0.29, 0.717) is 6.42 Å². The minimum Gasteiger partial charge on any atom is -0.550 e. The van der Waals surface area contributed by atoms with Gasteiger partial charge in [0.2, 0.25) is 0 Å². The van der Waals surface area contributed by atoms with Gasteiger partial charge in [0.05, 0.1) is 0 Å². The Morgan fingerprint density at radius 1 is 1.50 bits per heavy atom. The van der Waals surface area contributed by atoms with E-state index in [2.05, 4.69) is 0 Å². The zero-order valence-corrected chi connectivity index (χ0v) is 7.85. The van der Waals surface area contributed by atoms with Gasteiger partial charge in [-0.25, -0.2) is 0 Å². The Morgan fingerprint density at radius 3 is 1.88 bits per heavy atom. The molecule has 36 valence electrons. The Hall–Kier alpha value is 0.899. The van der Waals surface area contributed by atoms with E-state index in [-0.39, 0.29) is 49.9 Å². The Kier molecular flexibility index (Phi) is 21.5. The molecule has 0 bridgehead atoms. The molecule has 8 heavy (non-hydrogen) atoms. The third kappa shape index (κ3) is 15.8. The van der Waals surface area contributed by atoms with Crippen LogP contribution in [0.4, 0.5) is 0 Å². The van der Waals surface area contributed by atoms with Crippen molar-refractivity contribution >= 4 is 5.97 Å². The third-order valence-electron chi connectivity index (χ3n) is 0.454. The fraction of sp³-hybridized carbons (Fsp3) is 0.750. The minimum absolute atomic E-state index is 0. The first-order valence-corrected chi connectivity index (χ1v) is 1.97. The number of hydrogen-bond donors (Lipinski definition) is 0. The molecule has 0 unspecified atom stereocenters. The smallest absolute Gasteiger partial charge is 0.550 e. The number of aliphatic carboxylic acids is 1. The van der Waals surface area contributed by atoms with Gasteiger partial charge in [0, 0.05) is 5.97 Å². The van der Waals surface area contributed by atoms with Gasteiger partial charge in [-0.15, -0.1) is 0 Å². The summed E-state index contributed by atoms with van der Waals surface area (Å²) in [7, 11) is 0. The van der Waals surface area contributed by atoms with Gasteiger partial charge in [-0.2, -0.15) is 0 Å². The normalized spacial score (nSPS) is 6.12. The number of carbonyl (C=O) groups excluding carboxylic acids is 1. The van der Waals surface area contributed by atoms with Crippen molar-refractivity contribution in [2.24, 2.45) is 0 Å². The van der Waals surface area contributed by atoms with E-state index in [4.69, 9.17) is 0 Å². The second-order valence-electron chi connectivity index (χ2n) is 1.12. The van der Waals surface area contributed by atoms with Crippen LogP contribution < -0.4 is 5.11 Å². The molecule has 4 heteroatoms. The second-order valence-corrected chi connectivity index (χ2v) is 1.12. The Morgan fingerprint density at radius 2 is 1.88 bits per heavy atom. The van der Waals surface area contributed by atoms with E-state index in [1.165, 1.54) is 0 Å². The molecule has 0 N–H and O–H groups in total. The zero-order chi connectivity index (χ0) is 4.99. The number of carbonyl (C=O) groups is 1. The zero-order valence-electron chi connectivity index (χ0n) is 4.73. The monoisotopic (exact) mass is 183 g/mol. The van der Waals surface area contributed by atoms with Crippen molar-refractivity contribution < 1.29 is 53.3 Å². The molecule has 0 aliphatic rings. The molecule has 2 nitrogen and oxygen atoms in total. The standard InChI is InChI=1S/C4H8O2.2Ti/c1-2-3-4(5)6;;/h2-3H2,1H3,(H,5,6);;/q;2*+4/p-1. The van der Waals surface area contributed by atoms with Crippen LogP contribution in [0.2, 0.25) is 0 Å². The molecule has 0 atom stereocenters. The first kappa shape index (κ1) is 16.0. The van der Waals surface area contributed by atoms with Crippen LogP contribution in [-0.4, -0.2) is 5.97 Å². The topological polar surface area (TPSA) is 40.1 Å². The molecule has 0 fully saturated rings. The van der Waals surface area contributed by atoms with Gasteiger partial charge in [-0.3, -0.25) is 0 Å². The average molecular weight is 183 g/mol. The largest absolute Gasteiger partial charge is 4.00 e. The van der Waals surface area contributed by atoms with Crippen LogP contribution in [0, 0.1) is 0 Å². The predicted molar refractivity (Wildman–Crippen MR) is 19.9 cm³/mol. The van der Waals surface area contributed by atoms with Gasteiger partial charge in [-0.1, -0.05) is 13.3 Å². The molecule has 0 radical (unpaired) electrons. The maximum Gasteiger partial charge on any atom is 4.00 e. The summed E-state index contributed by atoms with van der Waals surface area (Å²) >= 11 is 0. The Bertz CT molecular complexity index is 56.0. The quantitative estimate of drug-likeness (QED) is 0.542. The van der Waals surface area contributed by atoms with Crippen molar-refractivity contribution in [3.8, 4) is 0 Å². The molecule has 0 aromatic heterocycles. The number of carboxylic acids is 1. The summed E-state index contributed by atoms with van der Waals surface area (Å²) in [6, 6.07) is 0. The molecule has 0 saturated heterocycles. The van der Waals surface area contributed by atoms with E-state index in [1.807, 2.05) is 0 Å². The van der Waals surface area contributed by atoms with Crippen LogP contribution in [0.3, 0.4) is 0 Å². The fourth-order valence-corrected chi connectivity index (χ4v) is 0.204. The summed E-state index contributed by atoms with van der Waals surface area (Å²) in [5.41, 5.74) is 0. The average Bonchev–Trinajstić information content (AvgIpc) is 1.35. The van der Waals surface area contributed by atoms with Gasteiger partial charge in [0.15, 0.2) is 0 Å². The SMILES string of the molecule is CCCC(=O)[O-].[Ti+4].[Ti+4]. The predicted octanol–water partition coefficient (Wildman–Crippen LogP) is -0.469. The maximum absolute atomic E-state index is 9.49. The summed E-state index contributed by atoms with van der Waals surface area (Å²) in [5.74, 6) is -0.961. The number of rotatable bonds is 2. The van der Waals surface area contributed by atoms with Gasteiger partial charge >= 0.3 is 43.4 Å². The molecule has 0 aliphatic carbocycles. The van der Waals surface area contributed by atoms with Crippen molar-refractivity contribution in [3.63, 3.8) is 0 Å². The molecular weight excluding hydrogens is 176 g/mol. The van der Waals surface area contributed by atoms with Crippen molar-refractivity contribution in [1.82, 2.24) is 0 Å². The van der Waals surface area contributed by atoms with E-state index >= 15 is 0 Å². The van der Waals surface area contributed by atoms with Crippen molar-refractivity contribution in [2.75, 3.05) is 0 Å². The fourth-order valence-electron chi connectivity index (χ4n) is 0.204. The van der Waals surface area contributed by atoms with Crippen molar-refractivity contribution in [1.29, 1.82) is 0 Å². The molecule has 0 rings (SSSR count). The van der Waals surface area contributed by atoms with Gasteiger partial charge in [0.25, 0.3) is 0 Å². The van der Waals surface area contributed by atoms with Crippen LogP contribution in [0.1, 0.15) is 19.8 Å². The van der Waals surface area contributed by atoms with Crippen LogP contribution in [0.5, 0.6) is 0 Å². The van der Waals surface area contributed by atoms with Crippen molar-refractivity contribution in [2.45, 2.75) is 19.8 Å². The minimum atomic E-state index is -0.961. The first-order valence-electron chi connectivity index (χ1n) is 1.97. The molecule has 0 saturated carbocycles. The number of hydrogen-bond acceptors (Lipinski definition) is 2. The van der Waals surface area contributed by atoms with Gasteiger partial charge in [-0.05, 0) is 6.42 Å². The van der Waals surface area contributed by atoms with Crippen LogP contribution >= 0.6 is 0 Å². The summed E-state index contributed by atoms with van der Waals surface area (Å²) in [6.45, 7) is 1.80. The van der Waals surface area contributed by atoms with Gasteiger partial charge < -0.3 is 9.90 Å². The summed E-state index contributed by atoms with van der Waals surface area (Å²) in [6.07, 6.45) is 0.850. The first-order chi connectivity index (χ1) is 2.77. The van der Waals surface area contributed by atoms with E-state index in [9.17, 15) is 9.90 Å². The molecule has 0 heterocycles. The Balaban J connectivity index is -0.000000125. The molecule has 0 aromatic rings. The van der Waals surface area contributed by atoms with Crippen LogP contribution in [0.15, 0.2) is 0 Å². The Labute approximate surface area is 78.8 Å². The molecule has 0 aliphatic heterocycles. The van der Waals surface area contributed by atoms with E-state index in [0.717, 1.165) is 0 Å². The van der Waals surface area contributed by atoms with E-state index in [1.54, 1.807) is 6.92 Å². The summed E-state index contributed by atoms with van der Waals surface area (Å²) in [4.78, 5) is 9.49. The van der Waals surface area contributed by atoms with Crippen LogP contribution in [-0.2, 0) is 48.2 Å². The molecular formula is C4H7O2Ti2+7. The summed E-state index contributed by atoms with van der Waals surface area (Å²) in [5, 5.41) is 9.49. The molecule has 0 spiro atoms. The van der Waals surface area contributed by atoms with Crippen LogP contribution in [0.25, 0.3) is 0 Å². The van der Waals surface area contributed by atoms with Crippen molar-refractivity contribution in [3.05, 3.63) is 0 Å². The number of carboxylic acid groups (broad SMARTS) is 1. The maximum atomic E-state index is 9.49. The summed E-state index contributed by atoms with van der Waals surface area (Å²) < 4.78 is 0. The van der Waals surface area contributed by atoms with E-state index < -0.39 is 5.97 Å². The molecule has 0 amide bonds. The molecule has 0 aromatic carbocycles. The third-order valence-corrected chi connectivity index (χ3v) is 0.454.